The van der Waals surface area contributed by atoms with Gasteiger partial charge in [0.25, 0.3) is 0 Å². The number of hydrogen-bond donors (Lipinski definition) is 0. The molecule has 0 unspecified atom stereocenters. The Bertz CT molecular complexity index is 980. The number of aromatic nitrogens is 6. The molecule has 0 bridgehead atoms. The Morgan fingerprint density at radius 1 is 0.629 bits per heavy atom. The van der Waals surface area contributed by atoms with Crippen molar-refractivity contribution in [1.82, 2.24) is 29.5 Å². The van der Waals surface area contributed by atoms with E-state index in [0.29, 0.717) is 0 Å². The predicted molar refractivity (Wildman–Crippen MR) is 138 cm³/mol. The van der Waals surface area contributed by atoms with Crippen LogP contribution in [0.5, 0.6) is 0 Å². The van der Waals surface area contributed by atoms with Gasteiger partial charge in [-0.3, -0.25) is 19.9 Å². The molecule has 0 aromatic carbocycles. The Kier molecular flexibility index (Phi) is 14.5. The van der Waals surface area contributed by atoms with Gasteiger partial charge in [0, 0.05) is 43.7 Å². The van der Waals surface area contributed by atoms with Crippen molar-refractivity contribution < 1.29 is 17.6 Å². The Balaban J connectivity index is 0.000000181. The van der Waals surface area contributed by atoms with Gasteiger partial charge >= 0.3 is 27.2 Å². The summed E-state index contributed by atoms with van der Waals surface area (Å²) < 4.78 is 2.10. The first kappa shape index (κ1) is 28.0. The minimum absolute atomic E-state index is 0.915. The van der Waals surface area contributed by atoms with E-state index in [1.54, 1.807) is 24.8 Å². The fourth-order valence-electron chi connectivity index (χ4n) is 2.82. The zero-order valence-electron chi connectivity index (χ0n) is 19.5. The largest absolute Gasteiger partial charge is 0.255 e. The third-order valence-corrected chi connectivity index (χ3v) is 4.51. The molecule has 0 amide bonds. The Morgan fingerprint density at radius 3 is 1.29 bits per heavy atom. The molecule has 0 saturated carbocycles. The number of nitrogens with zero attached hydrogens (tertiary/aromatic N) is 6. The van der Waals surface area contributed by atoms with Crippen LogP contribution in [-0.4, -0.2) is 29.5 Å². The normalized spacial score (nSPS) is 9.34. The van der Waals surface area contributed by atoms with Crippen molar-refractivity contribution in [1.29, 1.82) is 0 Å². The van der Waals surface area contributed by atoms with Crippen LogP contribution in [0.3, 0.4) is 0 Å². The maximum Gasteiger partial charge on any atom is 0.0886 e. The molecule has 0 N–H and O–H groups in total. The van der Waals surface area contributed by atoms with Gasteiger partial charge in [0.1, 0.15) is 0 Å². The summed E-state index contributed by atoms with van der Waals surface area (Å²) in [5, 5.41) is 0. The molecule has 8 heteroatoms. The molecule has 35 heavy (non-hydrogen) atoms. The van der Waals surface area contributed by atoms with Crippen LogP contribution >= 0.6 is 9.64 Å². The maximum absolute atomic E-state index is 4.67. The number of imidazole rings is 1. The third-order valence-electron chi connectivity index (χ3n) is 4.51. The van der Waals surface area contributed by atoms with Crippen LogP contribution in [0.4, 0.5) is 0 Å². The number of hydrogen-bond acceptors (Lipinski definition) is 5. The van der Waals surface area contributed by atoms with E-state index in [1.165, 1.54) is 30.4 Å². The van der Waals surface area contributed by atoms with Crippen LogP contribution in [0.1, 0.15) is 19.8 Å². The van der Waals surface area contributed by atoms with Crippen molar-refractivity contribution in [2.75, 3.05) is 0 Å². The van der Waals surface area contributed by atoms with E-state index in [9.17, 15) is 0 Å². The molecule has 0 fully saturated rings. The van der Waals surface area contributed by atoms with Crippen molar-refractivity contribution >= 4 is 9.64 Å². The molecule has 0 saturated heterocycles. The minimum atomic E-state index is 0.915. The van der Waals surface area contributed by atoms with Crippen molar-refractivity contribution in [3.63, 3.8) is 0 Å². The average Bonchev–Trinajstić information content (AvgIpc) is 3.49. The average molecular weight is 662 g/mol. The summed E-state index contributed by atoms with van der Waals surface area (Å²) in [6.07, 6.45) is 15.2. The summed E-state index contributed by atoms with van der Waals surface area (Å²) in [5.41, 5.74) is 3.66. The number of aryl methyl sites for hydroxylation is 1. The molecule has 181 valence electrons. The van der Waals surface area contributed by atoms with Crippen LogP contribution in [0, 0.1) is 0 Å². The van der Waals surface area contributed by atoms with E-state index in [1.807, 2.05) is 91.5 Å². The molecule has 0 spiro atoms. The first-order valence-electron chi connectivity index (χ1n) is 11.1. The first-order valence-corrected chi connectivity index (χ1v) is 14.3. The summed E-state index contributed by atoms with van der Waals surface area (Å²) >= 11 is 1.33. The van der Waals surface area contributed by atoms with Crippen LogP contribution in [0.15, 0.2) is 116 Å². The summed E-state index contributed by atoms with van der Waals surface area (Å²) in [4.78, 5) is 20.7. The van der Waals surface area contributed by atoms with Crippen LogP contribution in [0.2, 0.25) is 0 Å². The molecule has 0 atom stereocenters. The topological polar surface area (TPSA) is 69.4 Å². The van der Waals surface area contributed by atoms with Crippen LogP contribution < -0.4 is 0 Å². The SMILES string of the molecule is CCCCn1ccnc1.[Cl][Os].c1ccc(-c2ccccn2)nc1.c1ccc(-c2ccccn2)nc1. The van der Waals surface area contributed by atoms with Gasteiger partial charge in [-0.2, -0.15) is 0 Å². The molecule has 5 heterocycles. The third kappa shape index (κ3) is 11.1. The maximum atomic E-state index is 4.67. The minimum Gasteiger partial charge on any atom is -0.255 e. The van der Waals surface area contributed by atoms with Gasteiger partial charge < -0.3 is 4.57 Å². The van der Waals surface area contributed by atoms with Crippen molar-refractivity contribution in [3.8, 4) is 22.8 Å². The van der Waals surface area contributed by atoms with Crippen LogP contribution in [0.25, 0.3) is 22.8 Å². The Hall–Kier alpha value is -3.26. The molecular formula is C27H28ClN6Os. The summed E-state index contributed by atoms with van der Waals surface area (Å²) in [7, 11) is 4.67. The van der Waals surface area contributed by atoms with E-state index in [4.69, 9.17) is 0 Å². The number of pyridine rings is 4. The van der Waals surface area contributed by atoms with E-state index in [0.717, 1.165) is 29.3 Å². The number of halogens is 1. The van der Waals surface area contributed by atoms with E-state index in [2.05, 4.69) is 46.0 Å². The second-order valence-corrected chi connectivity index (χ2v) is 7.01. The standard InChI is InChI=1S/2C10H8N2.C7H12N2.ClH.Os/c2*1-3-7-11-9(5-1)10-6-2-4-8-12-10;1-2-3-5-9-6-4-8-7-9;;/h2*1-8H;4,6-7H,2-3,5H2,1H3;1H;/q;;;;+1/p-1. The molecule has 0 radical (unpaired) electrons. The summed E-state index contributed by atoms with van der Waals surface area (Å²) in [5.74, 6) is 0. The molecule has 0 aliphatic rings. The van der Waals surface area contributed by atoms with Gasteiger partial charge in [-0.05, 0) is 55.0 Å². The second-order valence-electron chi connectivity index (χ2n) is 7.01. The van der Waals surface area contributed by atoms with E-state index in [-0.39, 0.29) is 0 Å². The molecule has 6 nitrogen and oxygen atoms in total. The summed E-state index contributed by atoms with van der Waals surface area (Å²) in [6, 6.07) is 23.2. The van der Waals surface area contributed by atoms with Gasteiger partial charge in [-0.15, -0.1) is 0 Å². The van der Waals surface area contributed by atoms with Crippen molar-refractivity contribution in [2.24, 2.45) is 0 Å². The molecule has 0 aliphatic heterocycles. The van der Waals surface area contributed by atoms with Gasteiger partial charge in [-0.1, -0.05) is 37.6 Å². The van der Waals surface area contributed by atoms with Gasteiger partial charge in [-0.25, -0.2) is 4.98 Å². The van der Waals surface area contributed by atoms with Gasteiger partial charge in [0.2, 0.25) is 0 Å². The van der Waals surface area contributed by atoms with Gasteiger partial charge in [0.05, 0.1) is 29.1 Å². The zero-order chi connectivity index (χ0) is 25.0. The van der Waals surface area contributed by atoms with Crippen molar-refractivity contribution in [2.45, 2.75) is 26.3 Å². The molecule has 5 rings (SSSR count). The second kappa shape index (κ2) is 18.1. The zero-order valence-corrected chi connectivity index (χ0v) is 22.8. The van der Waals surface area contributed by atoms with E-state index >= 15 is 0 Å². The molecule has 0 aliphatic carbocycles. The quantitative estimate of drug-likeness (QED) is 0.211. The molecule has 5 aromatic heterocycles. The van der Waals surface area contributed by atoms with E-state index < -0.39 is 0 Å². The fraction of sp³-hybridized carbons (Fsp3) is 0.148. The first-order chi connectivity index (χ1) is 17.4. The van der Waals surface area contributed by atoms with Gasteiger partial charge in [0.15, 0.2) is 0 Å². The molecule has 5 aromatic rings. The smallest absolute Gasteiger partial charge is 0.0886 e. The van der Waals surface area contributed by atoms with Crippen molar-refractivity contribution in [3.05, 3.63) is 116 Å². The summed E-state index contributed by atoms with van der Waals surface area (Å²) in [6.45, 7) is 3.30. The Labute approximate surface area is 221 Å². The number of unbranched alkanes of at least 4 members (excludes halogenated alkanes) is 1. The predicted octanol–water partition coefficient (Wildman–Crippen LogP) is 6.66. The number of rotatable bonds is 5. The monoisotopic (exact) mass is 663 g/mol. The van der Waals surface area contributed by atoms with Crippen LogP contribution in [-0.2, 0) is 24.1 Å². The fourth-order valence-corrected chi connectivity index (χ4v) is 2.82. The molecular weight excluding hydrogens is 634 g/mol. The Morgan fingerprint density at radius 2 is 1.03 bits per heavy atom.